The molecule has 0 aliphatic carbocycles. The molecule has 2 N–H and O–H groups in total. The van der Waals surface area contributed by atoms with Crippen molar-refractivity contribution < 1.29 is 0 Å². The standard InChI is InChI=1S/C22H39N5S/c1-6-23-21(25-18-22(3,4)28-5)24-16-19-8-10-20(11-9-19)17-27-14-12-26(7-2)13-15-27/h8-11H,6-7,12-18H2,1-5H3,(H2,23,24,25). The summed E-state index contributed by atoms with van der Waals surface area (Å²) in [4.78, 5) is 9.83. The van der Waals surface area contributed by atoms with Crippen molar-refractivity contribution in [2.24, 2.45) is 4.99 Å². The summed E-state index contributed by atoms with van der Waals surface area (Å²) in [6.07, 6.45) is 2.15. The Labute approximate surface area is 176 Å². The van der Waals surface area contributed by atoms with Gasteiger partial charge in [0, 0.05) is 50.6 Å². The Kier molecular flexibility index (Phi) is 9.62. The van der Waals surface area contributed by atoms with Crippen LogP contribution in [0.5, 0.6) is 0 Å². The number of hydrogen-bond acceptors (Lipinski definition) is 4. The van der Waals surface area contributed by atoms with Crippen LogP contribution in [0, 0.1) is 0 Å². The van der Waals surface area contributed by atoms with Crippen LogP contribution in [0.1, 0.15) is 38.8 Å². The van der Waals surface area contributed by atoms with Crippen LogP contribution in [0.2, 0.25) is 0 Å². The smallest absolute Gasteiger partial charge is 0.191 e. The molecule has 1 fully saturated rings. The first-order valence-corrected chi connectivity index (χ1v) is 11.8. The van der Waals surface area contributed by atoms with Crippen LogP contribution in [0.4, 0.5) is 0 Å². The van der Waals surface area contributed by atoms with E-state index >= 15 is 0 Å². The average Bonchev–Trinajstić information content (AvgIpc) is 2.72. The van der Waals surface area contributed by atoms with Gasteiger partial charge in [0.25, 0.3) is 0 Å². The number of likely N-dealkylation sites (N-methyl/N-ethyl adjacent to an activating group) is 1. The first-order chi connectivity index (χ1) is 13.5. The zero-order valence-electron chi connectivity index (χ0n) is 18.4. The molecule has 1 aromatic carbocycles. The number of guanidine groups is 1. The molecule has 0 amide bonds. The molecule has 0 aromatic heterocycles. The molecule has 1 heterocycles. The minimum atomic E-state index is 0.195. The van der Waals surface area contributed by atoms with Crippen molar-refractivity contribution in [1.82, 2.24) is 20.4 Å². The van der Waals surface area contributed by atoms with Crippen LogP contribution in [-0.2, 0) is 13.1 Å². The summed E-state index contributed by atoms with van der Waals surface area (Å²) in [5, 5.41) is 6.81. The zero-order chi connectivity index (χ0) is 20.4. The van der Waals surface area contributed by atoms with Crippen LogP contribution in [-0.4, -0.2) is 72.6 Å². The number of thioether (sulfide) groups is 1. The van der Waals surface area contributed by atoms with Crippen LogP contribution in [0.3, 0.4) is 0 Å². The fourth-order valence-electron chi connectivity index (χ4n) is 3.15. The number of benzene rings is 1. The molecular formula is C22H39N5S. The van der Waals surface area contributed by atoms with Gasteiger partial charge in [0.2, 0.25) is 0 Å². The van der Waals surface area contributed by atoms with Crippen molar-refractivity contribution >= 4 is 17.7 Å². The van der Waals surface area contributed by atoms with Crippen molar-refractivity contribution in [3.63, 3.8) is 0 Å². The van der Waals surface area contributed by atoms with E-state index in [1.54, 1.807) is 0 Å². The van der Waals surface area contributed by atoms with Gasteiger partial charge in [0.05, 0.1) is 6.54 Å². The Morgan fingerprint density at radius 1 is 1.00 bits per heavy atom. The van der Waals surface area contributed by atoms with Crippen LogP contribution in [0.15, 0.2) is 29.3 Å². The fourth-order valence-corrected chi connectivity index (χ4v) is 3.37. The van der Waals surface area contributed by atoms with Crippen molar-refractivity contribution in [2.45, 2.75) is 45.5 Å². The topological polar surface area (TPSA) is 42.9 Å². The third-order valence-corrected chi connectivity index (χ3v) is 6.59. The predicted octanol–water partition coefficient (Wildman–Crippen LogP) is 3.02. The van der Waals surface area contributed by atoms with Gasteiger partial charge >= 0.3 is 0 Å². The van der Waals surface area contributed by atoms with E-state index in [-0.39, 0.29) is 4.75 Å². The van der Waals surface area contributed by atoms with Gasteiger partial charge in [-0.1, -0.05) is 31.2 Å². The monoisotopic (exact) mass is 405 g/mol. The SMILES string of the molecule is CCNC(=NCc1ccc(CN2CCN(CC)CC2)cc1)NCC(C)(C)SC. The van der Waals surface area contributed by atoms with E-state index in [9.17, 15) is 0 Å². The third kappa shape index (κ3) is 8.02. The highest BCUT2D eigenvalue weighted by atomic mass is 32.2. The molecule has 0 radical (unpaired) electrons. The predicted molar refractivity (Wildman–Crippen MR) is 124 cm³/mol. The van der Waals surface area contributed by atoms with Gasteiger partial charge < -0.3 is 15.5 Å². The van der Waals surface area contributed by atoms with Crippen molar-refractivity contribution in [1.29, 1.82) is 0 Å². The third-order valence-electron chi connectivity index (χ3n) is 5.34. The molecule has 0 atom stereocenters. The van der Waals surface area contributed by atoms with Gasteiger partial charge in [-0.05, 0) is 44.7 Å². The number of piperazine rings is 1. The summed E-state index contributed by atoms with van der Waals surface area (Å²) in [6.45, 7) is 18.2. The number of aliphatic imine (C=N–C) groups is 1. The van der Waals surface area contributed by atoms with E-state index in [2.05, 4.69) is 78.6 Å². The summed E-state index contributed by atoms with van der Waals surface area (Å²) in [5.74, 6) is 0.891. The largest absolute Gasteiger partial charge is 0.357 e. The molecule has 1 aromatic rings. The lowest BCUT2D eigenvalue weighted by molar-refractivity contribution is 0.132. The maximum atomic E-state index is 4.75. The zero-order valence-corrected chi connectivity index (χ0v) is 19.2. The van der Waals surface area contributed by atoms with E-state index in [4.69, 9.17) is 4.99 Å². The second-order valence-electron chi connectivity index (χ2n) is 8.04. The Morgan fingerprint density at radius 3 is 2.18 bits per heavy atom. The molecule has 28 heavy (non-hydrogen) atoms. The molecule has 0 saturated carbocycles. The number of rotatable bonds is 9. The minimum absolute atomic E-state index is 0.195. The van der Waals surface area contributed by atoms with Crippen molar-refractivity contribution in [2.75, 3.05) is 52.1 Å². The van der Waals surface area contributed by atoms with Gasteiger partial charge in [-0.15, -0.1) is 0 Å². The first-order valence-electron chi connectivity index (χ1n) is 10.6. The Bertz CT molecular complexity index is 591. The highest BCUT2D eigenvalue weighted by Gasteiger charge is 2.16. The number of hydrogen-bond donors (Lipinski definition) is 2. The molecule has 1 saturated heterocycles. The molecule has 0 spiro atoms. The Hall–Kier alpha value is -1.24. The molecule has 5 nitrogen and oxygen atoms in total. The van der Waals surface area contributed by atoms with Gasteiger partial charge in [0.1, 0.15) is 0 Å². The van der Waals surface area contributed by atoms with Crippen LogP contribution < -0.4 is 10.6 Å². The Morgan fingerprint density at radius 2 is 1.61 bits per heavy atom. The first kappa shape index (κ1) is 23.0. The van der Waals surface area contributed by atoms with Gasteiger partial charge in [-0.3, -0.25) is 4.90 Å². The van der Waals surface area contributed by atoms with E-state index in [0.29, 0.717) is 6.54 Å². The maximum absolute atomic E-state index is 4.75. The molecule has 0 bridgehead atoms. The average molecular weight is 406 g/mol. The summed E-state index contributed by atoms with van der Waals surface area (Å²) >= 11 is 1.87. The lowest BCUT2D eigenvalue weighted by Crippen LogP contribution is -2.45. The van der Waals surface area contributed by atoms with Crippen molar-refractivity contribution in [3.8, 4) is 0 Å². The summed E-state index contributed by atoms with van der Waals surface area (Å²) in [5.41, 5.74) is 2.64. The second-order valence-corrected chi connectivity index (χ2v) is 9.55. The molecule has 2 rings (SSSR count). The normalized spacial score (nSPS) is 17.0. The fraction of sp³-hybridized carbons (Fsp3) is 0.682. The molecule has 1 aliphatic heterocycles. The number of nitrogens with zero attached hydrogens (tertiary/aromatic N) is 3. The molecule has 6 heteroatoms. The molecule has 0 unspecified atom stereocenters. The lowest BCUT2D eigenvalue weighted by atomic mass is 10.1. The van der Waals surface area contributed by atoms with Crippen LogP contribution >= 0.6 is 11.8 Å². The van der Waals surface area contributed by atoms with Crippen LogP contribution in [0.25, 0.3) is 0 Å². The quantitative estimate of drug-likeness (QED) is 0.488. The van der Waals surface area contributed by atoms with Gasteiger partial charge in [0.15, 0.2) is 5.96 Å². The maximum Gasteiger partial charge on any atom is 0.191 e. The van der Waals surface area contributed by atoms with E-state index in [1.165, 1.54) is 43.9 Å². The molecule has 1 aliphatic rings. The van der Waals surface area contributed by atoms with Gasteiger partial charge in [-0.2, -0.15) is 11.8 Å². The van der Waals surface area contributed by atoms with Crippen molar-refractivity contribution in [3.05, 3.63) is 35.4 Å². The second kappa shape index (κ2) is 11.7. The van der Waals surface area contributed by atoms with E-state index < -0.39 is 0 Å². The highest BCUT2D eigenvalue weighted by Crippen LogP contribution is 2.19. The summed E-state index contributed by atoms with van der Waals surface area (Å²) in [7, 11) is 0. The lowest BCUT2D eigenvalue weighted by Gasteiger charge is -2.34. The summed E-state index contributed by atoms with van der Waals surface area (Å²) in [6, 6.07) is 8.95. The van der Waals surface area contributed by atoms with E-state index in [1.807, 2.05) is 11.8 Å². The minimum Gasteiger partial charge on any atom is -0.357 e. The molecular weight excluding hydrogens is 366 g/mol. The summed E-state index contributed by atoms with van der Waals surface area (Å²) < 4.78 is 0.195. The highest BCUT2D eigenvalue weighted by molar-refractivity contribution is 7.99. The van der Waals surface area contributed by atoms with E-state index in [0.717, 1.165) is 25.6 Å². The Balaban J connectivity index is 1.85. The molecule has 158 valence electrons. The number of nitrogens with one attached hydrogen (secondary N) is 2. The van der Waals surface area contributed by atoms with Gasteiger partial charge in [-0.25, -0.2) is 4.99 Å².